The second-order valence-electron chi connectivity index (χ2n) is 5.85. The lowest BCUT2D eigenvalue weighted by atomic mass is 10.0. The molecule has 0 bridgehead atoms. The van der Waals surface area contributed by atoms with Gasteiger partial charge in [-0.1, -0.05) is 29.8 Å². The van der Waals surface area contributed by atoms with Crippen molar-refractivity contribution in [2.45, 2.75) is 19.8 Å². The lowest BCUT2D eigenvalue weighted by Gasteiger charge is -2.30. The molecule has 0 atom stereocenters. The molecule has 25 heavy (non-hydrogen) atoms. The standard InChI is InChI=1S/C18H19ClN2O3S/c1-2-25(23,24)21-11-5-6-13-9-10-14(12-17(13)21)20-18(22)15-7-3-4-8-16(15)19/h3-4,7-10,12H,2,5-6,11H2,1H3,(H,20,22). The quantitative estimate of drug-likeness (QED) is 0.882. The van der Waals surface area contributed by atoms with E-state index in [0.29, 0.717) is 28.5 Å². The van der Waals surface area contributed by atoms with Crippen LogP contribution in [0, 0.1) is 0 Å². The van der Waals surface area contributed by atoms with Crippen LogP contribution in [0.4, 0.5) is 11.4 Å². The Labute approximate surface area is 152 Å². The molecule has 132 valence electrons. The van der Waals surface area contributed by atoms with Crippen molar-refractivity contribution in [3.05, 3.63) is 58.6 Å². The fraction of sp³-hybridized carbons (Fsp3) is 0.278. The van der Waals surface area contributed by atoms with Crippen molar-refractivity contribution in [2.24, 2.45) is 0 Å². The van der Waals surface area contributed by atoms with Crippen LogP contribution in [0.15, 0.2) is 42.5 Å². The summed E-state index contributed by atoms with van der Waals surface area (Å²) in [4.78, 5) is 12.4. The van der Waals surface area contributed by atoms with Crippen molar-refractivity contribution in [3.63, 3.8) is 0 Å². The molecule has 5 nitrogen and oxygen atoms in total. The van der Waals surface area contributed by atoms with E-state index in [1.54, 1.807) is 43.3 Å². The molecule has 0 saturated heterocycles. The van der Waals surface area contributed by atoms with Crippen molar-refractivity contribution in [3.8, 4) is 0 Å². The molecule has 2 aromatic rings. The van der Waals surface area contributed by atoms with Gasteiger partial charge in [-0.2, -0.15) is 0 Å². The number of rotatable bonds is 4. The smallest absolute Gasteiger partial charge is 0.257 e. The van der Waals surface area contributed by atoms with Crippen LogP contribution in [-0.2, 0) is 16.4 Å². The zero-order valence-corrected chi connectivity index (χ0v) is 15.4. The summed E-state index contributed by atoms with van der Waals surface area (Å²) in [5.41, 5.74) is 2.53. The Bertz CT molecular complexity index is 912. The Morgan fingerprint density at radius 2 is 2.00 bits per heavy atom. The van der Waals surface area contributed by atoms with E-state index in [9.17, 15) is 13.2 Å². The van der Waals surface area contributed by atoms with Gasteiger partial charge in [-0.05, 0) is 49.6 Å². The molecule has 0 unspecified atom stereocenters. The third-order valence-corrected chi connectivity index (χ3v) is 6.35. The summed E-state index contributed by atoms with van der Waals surface area (Å²) in [6.07, 6.45) is 1.61. The highest BCUT2D eigenvalue weighted by Crippen LogP contribution is 2.32. The molecular weight excluding hydrogens is 360 g/mol. The molecule has 1 aliphatic rings. The van der Waals surface area contributed by atoms with Crippen molar-refractivity contribution in [1.82, 2.24) is 0 Å². The lowest BCUT2D eigenvalue weighted by molar-refractivity contribution is 0.102. The average Bonchev–Trinajstić information content (AvgIpc) is 2.61. The Balaban J connectivity index is 1.91. The number of halogens is 1. The largest absolute Gasteiger partial charge is 0.322 e. The monoisotopic (exact) mass is 378 g/mol. The van der Waals surface area contributed by atoms with Crippen LogP contribution < -0.4 is 9.62 Å². The average molecular weight is 379 g/mol. The predicted octanol–water partition coefficient (Wildman–Crippen LogP) is 3.69. The van der Waals surface area contributed by atoms with Crippen LogP contribution in [0.25, 0.3) is 0 Å². The Kier molecular flexibility index (Phi) is 5.01. The number of nitrogens with one attached hydrogen (secondary N) is 1. The molecule has 1 heterocycles. The number of benzene rings is 2. The molecule has 1 aliphatic heterocycles. The number of carbonyl (C=O) groups excluding carboxylic acids is 1. The highest BCUT2D eigenvalue weighted by atomic mass is 35.5. The molecule has 2 aromatic carbocycles. The molecule has 3 rings (SSSR count). The molecule has 7 heteroatoms. The maximum Gasteiger partial charge on any atom is 0.257 e. The first-order chi connectivity index (χ1) is 11.9. The number of aryl methyl sites for hydroxylation is 1. The van der Waals surface area contributed by atoms with Gasteiger partial charge in [0.05, 0.1) is 22.0 Å². The lowest BCUT2D eigenvalue weighted by Crippen LogP contribution is -2.36. The van der Waals surface area contributed by atoms with Crippen molar-refractivity contribution in [1.29, 1.82) is 0 Å². The predicted molar refractivity (Wildman–Crippen MR) is 101 cm³/mol. The van der Waals surface area contributed by atoms with E-state index < -0.39 is 10.0 Å². The van der Waals surface area contributed by atoms with Gasteiger partial charge in [-0.3, -0.25) is 9.10 Å². The highest BCUT2D eigenvalue weighted by molar-refractivity contribution is 7.92. The summed E-state index contributed by atoms with van der Waals surface area (Å²) in [6.45, 7) is 2.09. The molecule has 0 aliphatic carbocycles. The molecule has 1 N–H and O–H groups in total. The molecule has 0 radical (unpaired) electrons. The van der Waals surface area contributed by atoms with Crippen LogP contribution in [0.3, 0.4) is 0 Å². The van der Waals surface area contributed by atoms with E-state index >= 15 is 0 Å². The minimum Gasteiger partial charge on any atom is -0.322 e. The van der Waals surface area contributed by atoms with E-state index in [1.165, 1.54) is 4.31 Å². The molecule has 1 amide bonds. The molecular formula is C18H19ClN2O3S. The Hall–Kier alpha value is -2.05. The number of hydrogen-bond donors (Lipinski definition) is 1. The summed E-state index contributed by atoms with van der Waals surface area (Å²) in [6, 6.07) is 12.2. The van der Waals surface area contributed by atoms with Gasteiger partial charge in [0.15, 0.2) is 0 Å². The zero-order chi connectivity index (χ0) is 18.0. The van der Waals surface area contributed by atoms with Crippen LogP contribution in [0.1, 0.15) is 29.3 Å². The second-order valence-corrected chi connectivity index (χ2v) is 8.44. The van der Waals surface area contributed by atoms with Crippen LogP contribution in [0.2, 0.25) is 5.02 Å². The van der Waals surface area contributed by atoms with Crippen LogP contribution in [-0.4, -0.2) is 26.6 Å². The fourth-order valence-electron chi connectivity index (χ4n) is 2.91. The maximum absolute atomic E-state index is 12.4. The third-order valence-electron chi connectivity index (χ3n) is 4.24. The number of amides is 1. The number of fused-ring (bicyclic) bond motifs is 1. The number of hydrogen-bond acceptors (Lipinski definition) is 3. The van der Waals surface area contributed by atoms with E-state index in [2.05, 4.69) is 5.32 Å². The number of carbonyl (C=O) groups is 1. The van der Waals surface area contributed by atoms with E-state index in [-0.39, 0.29) is 11.7 Å². The molecule has 0 aromatic heterocycles. The van der Waals surface area contributed by atoms with Crippen molar-refractivity contribution < 1.29 is 13.2 Å². The van der Waals surface area contributed by atoms with Crippen LogP contribution >= 0.6 is 11.6 Å². The van der Waals surface area contributed by atoms with Gasteiger partial charge in [-0.15, -0.1) is 0 Å². The number of sulfonamides is 1. The minimum atomic E-state index is -3.34. The highest BCUT2D eigenvalue weighted by Gasteiger charge is 2.26. The van der Waals surface area contributed by atoms with Crippen molar-refractivity contribution >= 4 is 38.9 Å². The molecule has 0 fully saturated rings. The Morgan fingerprint density at radius 3 is 2.72 bits per heavy atom. The van der Waals surface area contributed by atoms with Gasteiger partial charge >= 0.3 is 0 Å². The fourth-order valence-corrected chi connectivity index (χ4v) is 4.32. The summed E-state index contributed by atoms with van der Waals surface area (Å²) < 4.78 is 26.1. The summed E-state index contributed by atoms with van der Waals surface area (Å²) in [7, 11) is -3.34. The van der Waals surface area contributed by atoms with Gasteiger partial charge in [0.1, 0.15) is 0 Å². The normalized spacial score (nSPS) is 14.1. The zero-order valence-electron chi connectivity index (χ0n) is 13.8. The van der Waals surface area contributed by atoms with Gasteiger partial charge in [-0.25, -0.2) is 8.42 Å². The molecule has 0 saturated carbocycles. The van der Waals surface area contributed by atoms with Gasteiger partial charge < -0.3 is 5.32 Å². The van der Waals surface area contributed by atoms with E-state index in [0.717, 1.165) is 18.4 Å². The second kappa shape index (κ2) is 7.06. The first kappa shape index (κ1) is 17.8. The van der Waals surface area contributed by atoms with Crippen molar-refractivity contribution in [2.75, 3.05) is 21.9 Å². The SMILES string of the molecule is CCS(=O)(=O)N1CCCc2ccc(NC(=O)c3ccccc3Cl)cc21. The third kappa shape index (κ3) is 3.65. The number of anilines is 2. The van der Waals surface area contributed by atoms with Gasteiger partial charge in [0, 0.05) is 12.2 Å². The topological polar surface area (TPSA) is 66.5 Å². The van der Waals surface area contributed by atoms with E-state index in [4.69, 9.17) is 11.6 Å². The molecule has 0 spiro atoms. The van der Waals surface area contributed by atoms with Crippen LogP contribution in [0.5, 0.6) is 0 Å². The van der Waals surface area contributed by atoms with Gasteiger partial charge in [0.25, 0.3) is 5.91 Å². The van der Waals surface area contributed by atoms with E-state index in [1.807, 2.05) is 6.07 Å². The Morgan fingerprint density at radius 1 is 1.24 bits per heavy atom. The summed E-state index contributed by atoms with van der Waals surface area (Å²) >= 11 is 6.05. The minimum absolute atomic E-state index is 0.0443. The maximum atomic E-state index is 12.4. The summed E-state index contributed by atoms with van der Waals surface area (Å²) in [5.74, 6) is -0.283. The van der Waals surface area contributed by atoms with Gasteiger partial charge in [0.2, 0.25) is 10.0 Å². The first-order valence-electron chi connectivity index (χ1n) is 8.11. The summed E-state index contributed by atoms with van der Waals surface area (Å²) in [5, 5.41) is 3.16. The number of nitrogens with zero attached hydrogens (tertiary/aromatic N) is 1. The first-order valence-corrected chi connectivity index (χ1v) is 10.1.